The van der Waals surface area contributed by atoms with Crippen molar-refractivity contribution in [1.29, 1.82) is 0 Å². The molecule has 2 amide bonds. The molecule has 0 aliphatic carbocycles. The number of hydrogen-bond donors (Lipinski definition) is 2. The largest absolute Gasteiger partial charge is 0.491 e. The van der Waals surface area contributed by atoms with Gasteiger partial charge in [0.2, 0.25) is 5.91 Å². The first-order chi connectivity index (χ1) is 24.5. The highest BCUT2D eigenvalue weighted by atomic mass is 32.2. The number of aromatic nitrogens is 2. The van der Waals surface area contributed by atoms with Gasteiger partial charge in [0.15, 0.2) is 9.84 Å². The summed E-state index contributed by atoms with van der Waals surface area (Å²) in [7, 11) is -3.75. The molecule has 51 heavy (non-hydrogen) atoms. The number of unbranched alkanes of at least 4 members (excludes halogenated alkanes) is 1. The number of imidazole rings is 1. The molecule has 0 fully saturated rings. The summed E-state index contributed by atoms with van der Waals surface area (Å²) in [6.45, 7) is 9.68. The van der Waals surface area contributed by atoms with E-state index >= 15 is 0 Å². The van der Waals surface area contributed by atoms with Gasteiger partial charge in [-0.2, -0.15) is 0 Å². The van der Waals surface area contributed by atoms with Crippen molar-refractivity contribution in [1.82, 2.24) is 9.55 Å². The molecule has 0 bridgehead atoms. The van der Waals surface area contributed by atoms with Crippen LogP contribution in [0.4, 0.5) is 11.4 Å². The number of nitrogens with two attached hydrogens (primary N) is 1. The first kappa shape index (κ1) is 37.3. The summed E-state index contributed by atoms with van der Waals surface area (Å²) in [5.74, 6) is 0.0233. The Bertz CT molecular complexity index is 1940. The molecule has 0 saturated heterocycles. The van der Waals surface area contributed by atoms with Gasteiger partial charge in [-0.3, -0.25) is 9.59 Å². The lowest BCUT2D eigenvalue weighted by Crippen LogP contribution is -2.29. The van der Waals surface area contributed by atoms with E-state index in [0.29, 0.717) is 49.1 Å². The Hall–Kier alpha value is -4.94. The lowest BCUT2D eigenvalue weighted by molar-refractivity contribution is -0.118. The zero-order chi connectivity index (χ0) is 36.4. The maximum absolute atomic E-state index is 13.6. The number of sulfone groups is 1. The first-order valence-corrected chi connectivity index (χ1v) is 19.0. The Labute approximate surface area is 300 Å². The van der Waals surface area contributed by atoms with E-state index in [1.807, 2.05) is 30.3 Å². The highest BCUT2D eigenvalue weighted by molar-refractivity contribution is 7.90. The van der Waals surface area contributed by atoms with E-state index in [0.717, 1.165) is 54.1 Å². The van der Waals surface area contributed by atoms with Crippen LogP contribution in [0.2, 0.25) is 0 Å². The van der Waals surface area contributed by atoms with Crippen molar-refractivity contribution in [3.63, 3.8) is 0 Å². The number of carbonyl (C=O) groups excluding carboxylic acids is 2. The minimum absolute atomic E-state index is 0.0859. The van der Waals surface area contributed by atoms with E-state index in [-0.39, 0.29) is 23.1 Å². The number of anilines is 2. The van der Waals surface area contributed by atoms with Crippen molar-refractivity contribution < 1.29 is 27.5 Å². The summed E-state index contributed by atoms with van der Waals surface area (Å²) >= 11 is 0. The molecule has 11 nitrogen and oxygen atoms in total. The monoisotopic (exact) mass is 713 g/mol. The third-order valence-electron chi connectivity index (χ3n) is 8.49. The molecule has 1 aliphatic heterocycles. The molecule has 0 atom stereocenters. The van der Waals surface area contributed by atoms with E-state index in [1.54, 1.807) is 12.1 Å². The van der Waals surface area contributed by atoms with E-state index in [2.05, 4.69) is 54.2 Å². The molecule has 4 aromatic rings. The normalized spacial score (nSPS) is 13.0. The van der Waals surface area contributed by atoms with Gasteiger partial charge in [-0.15, -0.1) is 0 Å². The van der Waals surface area contributed by atoms with Crippen molar-refractivity contribution in [3.05, 3.63) is 96.1 Å². The smallest absolute Gasteiger partial charge is 0.251 e. The topological polar surface area (TPSA) is 146 Å². The third-order valence-corrected chi connectivity index (χ3v) is 10.2. The van der Waals surface area contributed by atoms with Crippen LogP contribution < -0.4 is 20.7 Å². The molecule has 0 unspecified atom stereocenters. The van der Waals surface area contributed by atoms with Crippen LogP contribution in [0, 0.1) is 5.92 Å². The summed E-state index contributed by atoms with van der Waals surface area (Å²) in [5, 5.41) is 2.96. The van der Waals surface area contributed by atoms with Gasteiger partial charge in [-0.05, 0) is 90.1 Å². The molecular formula is C39H47N5O6S. The molecule has 5 rings (SSSR count). The van der Waals surface area contributed by atoms with Crippen molar-refractivity contribution in [2.24, 2.45) is 11.7 Å². The zero-order valence-corrected chi connectivity index (χ0v) is 30.3. The second kappa shape index (κ2) is 17.3. The third kappa shape index (κ3) is 10.3. The summed E-state index contributed by atoms with van der Waals surface area (Å²) in [4.78, 5) is 31.4. The van der Waals surface area contributed by atoms with Crippen molar-refractivity contribution in [3.8, 4) is 16.9 Å². The van der Waals surface area contributed by atoms with Gasteiger partial charge in [0, 0.05) is 42.8 Å². The Morgan fingerprint density at radius 3 is 2.43 bits per heavy atom. The Kier molecular flexibility index (Phi) is 12.7. The number of carbonyl (C=O) groups is 2. The molecule has 3 aromatic carbocycles. The van der Waals surface area contributed by atoms with Crippen molar-refractivity contribution in [2.45, 2.75) is 57.2 Å². The number of primary amides is 1. The molecular weight excluding hydrogens is 667 g/mol. The summed E-state index contributed by atoms with van der Waals surface area (Å²) in [6, 6.07) is 20.4. The van der Waals surface area contributed by atoms with Gasteiger partial charge in [-0.25, -0.2) is 13.4 Å². The average molecular weight is 714 g/mol. The summed E-state index contributed by atoms with van der Waals surface area (Å²) in [5.41, 5.74) is 10.8. The minimum atomic E-state index is -3.75. The number of nitrogens with one attached hydrogen (secondary N) is 1. The van der Waals surface area contributed by atoms with Gasteiger partial charge < -0.3 is 30.0 Å². The maximum atomic E-state index is 13.6. The van der Waals surface area contributed by atoms with Crippen LogP contribution in [0.1, 0.15) is 51.3 Å². The van der Waals surface area contributed by atoms with Gasteiger partial charge >= 0.3 is 0 Å². The molecule has 1 aliphatic rings. The number of nitrogens with zero attached hydrogens (tertiary/aromatic N) is 3. The van der Waals surface area contributed by atoms with E-state index in [1.165, 1.54) is 29.2 Å². The molecule has 1 aromatic heterocycles. The number of amides is 2. The fourth-order valence-electron chi connectivity index (χ4n) is 5.91. The number of ether oxygens (including phenoxy) is 2. The van der Waals surface area contributed by atoms with Crippen molar-refractivity contribution in [2.75, 3.05) is 43.1 Å². The van der Waals surface area contributed by atoms with E-state index in [4.69, 9.17) is 15.2 Å². The van der Waals surface area contributed by atoms with E-state index in [9.17, 15) is 18.0 Å². The molecule has 0 spiro atoms. The SMILES string of the molecule is CCCCOCCOc1ccc(-c2ccc3c(c2)C=C(C(=O)Nc2ccc(S(=O)(=O)Cc4cncn4CC(N)=O)cc2)CCN3CC(C)C)cc1. The predicted octanol–water partition coefficient (Wildman–Crippen LogP) is 6.09. The van der Waals surface area contributed by atoms with Crippen LogP contribution in [0.3, 0.4) is 0 Å². The van der Waals surface area contributed by atoms with Crippen LogP contribution >= 0.6 is 0 Å². The van der Waals surface area contributed by atoms with Crippen LogP contribution in [-0.4, -0.2) is 62.7 Å². The van der Waals surface area contributed by atoms with Crippen LogP contribution in [-0.2, 0) is 36.5 Å². The molecule has 12 heteroatoms. The van der Waals surface area contributed by atoms with Crippen LogP contribution in [0.25, 0.3) is 17.2 Å². The predicted molar refractivity (Wildman–Crippen MR) is 200 cm³/mol. The quantitative estimate of drug-likeness (QED) is 0.125. The number of benzene rings is 3. The van der Waals surface area contributed by atoms with E-state index < -0.39 is 15.7 Å². The molecule has 0 saturated carbocycles. The van der Waals surface area contributed by atoms with Gasteiger partial charge in [-0.1, -0.05) is 45.4 Å². The van der Waals surface area contributed by atoms with Crippen LogP contribution in [0.15, 0.2) is 89.7 Å². The summed E-state index contributed by atoms with van der Waals surface area (Å²) in [6.07, 6.45) is 7.43. The fraction of sp³-hybridized carbons (Fsp3) is 0.359. The van der Waals surface area contributed by atoms with Gasteiger partial charge in [0.05, 0.1) is 29.3 Å². The standard InChI is InChI=1S/C39H47N5O6S/c1-4-5-18-49-19-20-50-35-11-6-29(7-12-35)30-8-15-37-32(21-30)22-31(16-17-43(37)24-28(2)3)39(46)42-33-9-13-36(14-10-33)51(47,48)26-34-23-41-27-44(34)25-38(40)45/h6-15,21-23,27-28H,4-5,16-20,24-26H2,1-3H3,(H2,40,45)(H,42,46). The summed E-state index contributed by atoms with van der Waals surface area (Å²) < 4.78 is 39.1. The van der Waals surface area contributed by atoms with Gasteiger partial charge in [0.1, 0.15) is 18.9 Å². The Morgan fingerprint density at radius 1 is 0.980 bits per heavy atom. The maximum Gasteiger partial charge on any atom is 0.251 e. The molecule has 0 radical (unpaired) electrons. The highest BCUT2D eigenvalue weighted by Crippen LogP contribution is 2.34. The second-order valence-electron chi connectivity index (χ2n) is 13.1. The lowest BCUT2D eigenvalue weighted by Gasteiger charge is -2.27. The number of hydrogen-bond acceptors (Lipinski definition) is 8. The average Bonchev–Trinajstić information content (AvgIpc) is 3.43. The Morgan fingerprint density at radius 2 is 1.73 bits per heavy atom. The van der Waals surface area contributed by atoms with Gasteiger partial charge in [0.25, 0.3) is 5.91 Å². The molecule has 3 N–H and O–H groups in total. The first-order valence-electron chi connectivity index (χ1n) is 17.3. The number of fused-ring (bicyclic) bond motifs is 1. The second-order valence-corrected chi connectivity index (χ2v) is 15.1. The highest BCUT2D eigenvalue weighted by Gasteiger charge is 2.22. The fourth-order valence-corrected chi connectivity index (χ4v) is 7.25. The number of rotatable bonds is 17. The Balaban J connectivity index is 1.29. The van der Waals surface area contributed by atoms with Crippen LogP contribution in [0.5, 0.6) is 5.75 Å². The minimum Gasteiger partial charge on any atom is -0.491 e. The molecule has 2 heterocycles. The zero-order valence-electron chi connectivity index (χ0n) is 29.5. The van der Waals surface area contributed by atoms with Crippen molar-refractivity contribution >= 4 is 39.1 Å². The molecule has 270 valence electrons. The lowest BCUT2D eigenvalue weighted by atomic mass is 10.00.